The number of nitrogens with zero attached hydrogens (tertiary/aromatic N) is 2. The fourth-order valence-electron chi connectivity index (χ4n) is 1.68. The van der Waals surface area contributed by atoms with E-state index in [0.29, 0.717) is 6.54 Å². The number of aryl methyl sites for hydroxylation is 2. The first-order valence-corrected chi connectivity index (χ1v) is 5.29. The van der Waals surface area contributed by atoms with Crippen LogP contribution >= 0.6 is 0 Å². The van der Waals surface area contributed by atoms with E-state index in [-0.39, 0.29) is 0 Å². The standard InChI is InChI=1S/C12H19N3/c1-9-6-8-15-11(5-4-7-13)12(9)10(2)14-3/h6,8H,4-5,7,13H2,1-3H3/b14-10-. The molecule has 0 aliphatic heterocycles. The van der Waals surface area contributed by atoms with Gasteiger partial charge < -0.3 is 5.73 Å². The third-order valence-corrected chi connectivity index (χ3v) is 2.55. The van der Waals surface area contributed by atoms with E-state index >= 15 is 0 Å². The largest absolute Gasteiger partial charge is 0.330 e. The molecular formula is C12H19N3. The van der Waals surface area contributed by atoms with Gasteiger partial charge in [-0.3, -0.25) is 9.98 Å². The van der Waals surface area contributed by atoms with Crippen LogP contribution in [0, 0.1) is 6.92 Å². The highest BCUT2D eigenvalue weighted by Gasteiger charge is 2.08. The number of aromatic nitrogens is 1. The zero-order chi connectivity index (χ0) is 11.3. The molecule has 1 aromatic heterocycles. The van der Waals surface area contributed by atoms with Crippen LogP contribution in [-0.4, -0.2) is 24.3 Å². The zero-order valence-electron chi connectivity index (χ0n) is 9.75. The summed E-state index contributed by atoms with van der Waals surface area (Å²) >= 11 is 0. The Morgan fingerprint density at radius 1 is 1.53 bits per heavy atom. The summed E-state index contributed by atoms with van der Waals surface area (Å²) in [6.07, 6.45) is 3.76. The Morgan fingerprint density at radius 3 is 2.87 bits per heavy atom. The van der Waals surface area contributed by atoms with Gasteiger partial charge in [0.05, 0.1) is 0 Å². The highest BCUT2D eigenvalue weighted by atomic mass is 14.7. The van der Waals surface area contributed by atoms with Gasteiger partial charge in [0.25, 0.3) is 0 Å². The summed E-state index contributed by atoms with van der Waals surface area (Å²) in [6, 6.07) is 2.02. The number of rotatable bonds is 4. The summed E-state index contributed by atoms with van der Waals surface area (Å²) in [4.78, 5) is 8.64. The predicted octanol–water partition coefficient (Wildman–Crippen LogP) is 1.72. The molecule has 82 valence electrons. The van der Waals surface area contributed by atoms with E-state index in [2.05, 4.69) is 16.9 Å². The number of pyridine rings is 1. The molecule has 2 N–H and O–H groups in total. The SMILES string of the molecule is C/N=C(/C)c1c(C)ccnc1CCCN. The molecule has 0 aromatic carbocycles. The van der Waals surface area contributed by atoms with E-state index in [1.54, 1.807) is 0 Å². The minimum absolute atomic E-state index is 0.706. The Hall–Kier alpha value is -1.22. The summed E-state index contributed by atoms with van der Waals surface area (Å²) < 4.78 is 0. The molecule has 3 nitrogen and oxygen atoms in total. The van der Waals surface area contributed by atoms with Crippen LogP contribution in [0.2, 0.25) is 0 Å². The lowest BCUT2D eigenvalue weighted by atomic mass is 10.0. The van der Waals surface area contributed by atoms with Gasteiger partial charge in [0.2, 0.25) is 0 Å². The van der Waals surface area contributed by atoms with Gasteiger partial charge in [0.15, 0.2) is 0 Å². The van der Waals surface area contributed by atoms with Gasteiger partial charge in [-0.05, 0) is 44.9 Å². The minimum Gasteiger partial charge on any atom is -0.330 e. The highest BCUT2D eigenvalue weighted by Crippen LogP contribution is 2.14. The van der Waals surface area contributed by atoms with Crippen LogP contribution in [0.5, 0.6) is 0 Å². The Balaban J connectivity index is 3.09. The molecule has 0 bridgehead atoms. The number of nitrogens with two attached hydrogens (primary N) is 1. The van der Waals surface area contributed by atoms with E-state index in [9.17, 15) is 0 Å². The molecule has 15 heavy (non-hydrogen) atoms. The summed E-state index contributed by atoms with van der Waals surface area (Å²) in [7, 11) is 1.81. The zero-order valence-corrected chi connectivity index (χ0v) is 9.75. The van der Waals surface area contributed by atoms with E-state index in [1.807, 2.05) is 26.2 Å². The van der Waals surface area contributed by atoms with Crippen LogP contribution in [0.4, 0.5) is 0 Å². The van der Waals surface area contributed by atoms with Crippen LogP contribution in [0.1, 0.15) is 30.2 Å². The van der Waals surface area contributed by atoms with Crippen molar-refractivity contribution >= 4 is 5.71 Å². The molecule has 0 spiro atoms. The lowest BCUT2D eigenvalue weighted by molar-refractivity contribution is 0.807. The van der Waals surface area contributed by atoms with Crippen LogP contribution in [0.3, 0.4) is 0 Å². The molecule has 0 amide bonds. The normalized spacial score (nSPS) is 11.9. The van der Waals surface area contributed by atoms with Crippen molar-refractivity contribution < 1.29 is 0 Å². The fraction of sp³-hybridized carbons (Fsp3) is 0.500. The molecule has 3 heteroatoms. The van der Waals surface area contributed by atoms with Crippen LogP contribution in [-0.2, 0) is 6.42 Å². The van der Waals surface area contributed by atoms with Crippen LogP contribution < -0.4 is 5.73 Å². The van der Waals surface area contributed by atoms with Crippen molar-refractivity contribution in [3.05, 3.63) is 29.1 Å². The van der Waals surface area contributed by atoms with E-state index in [1.165, 1.54) is 11.1 Å². The quantitative estimate of drug-likeness (QED) is 0.761. The minimum atomic E-state index is 0.706. The van der Waals surface area contributed by atoms with E-state index in [0.717, 1.165) is 24.2 Å². The molecule has 0 saturated carbocycles. The van der Waals surface area contributed by atoms with Crippen molar-refractivity contribution in [1.29, 1.82) is 0 Å². The van der Waals surface area contributed by atoms with Crippen molar-refractivity contribution in [2.24, 2.45) is 10.7 Å². The fourth-order valence-corrected chi connectivity index (χ4v) is 1.68. The van der Waals surface area contributed by atoms with Crippen molar-refractivity contribution in [2.45, 2.75) is 26.7 Å². The average Bonchev–Trinajstić information content (AvgIpc) is 2.25. The summed E-state index contributed by atoms with van der Waals surface area (Å²) in [5.41, 5.74) is 10.1. The lowest BCUT2D eigenvalue weighted by Gasteiger charge is -2.10. The summed E-state index contributed by atoms with van der Waals surface area (Å²) in [6.45, 7) is 4.82. The van der Waals surface area contributed by atoms with Crippen molar-refractivity contribution in [2.75, 3.05) is 13.6 Å². The highest BCUT2D eigenvalue weighted by molar-refractivity contribution is 6.00. The molecule has 1 heterocycles. The molecular weight excluding hydrogens is 186 g/mol. The van der Waals surface area contributed by atoms with Crippen molar-refractivity contribution in [3.8, 4) is 0 Å². The number of hydrogen-bond donors (Lipinski definition) is 1. The van der Waals surface area contributed by atoms with Gasteiger partial charge >= 0.3 is 0 Å². The maximum atomic E-state index is 5.52. The Labute approximate surface area is 91.4 Å². The summed E-state index contributed by atoms with van der Waals surface area (Å²) in [5, 5.41) is 0. The van der Waals surface area contributed by atoms with E-state index < -0.39 is 0 Å². The molecule has 1 rings (SSSR count). The third kappa shape index (κ3) is 2.86. The van der Waals surface area contributed by atoms with Crippen LogP contribution in [0.15, 0.2) is 17.3 Å². The monoisotopic (exact) mass is 205 g/mol. The first-order chi connectivity index (χ1) is 7.20. The van der Waals surface area contributed by atoms with Gasteiger partial charge in [-0.1, -0.05) is 0 Å². The number of hydrogen-bond acceptors (Lipinski definition) is 3. The average molecular weight is 205 g/mol. The van der Waals surface area contributed by atoms with E-state index in [4.69, 9.17) is 5.73 Å². The van der Waals surface area contributed by atoms with Crippen molar-refractivity contribution in [3.63, 3.8) is 0 Å². The molecule has 0 unspecified atom stereocenters. The van der Waals surface area contributed by atoms with Gasteiger partial charge in [0, 0.05) is 30.2 Å². The molecule has 0 atom stereocenters. The Kier molecular flexibility index (Phi) is 4.43. The molecule has 0 fully saturated rings. The number of aliphatic imine (C=N–C) groups is 1. The molecule has 0 aliphatic rings. The topological polar surface area (TPSA) is 51.3 Å². The second kappa shape index (κ2) is 5.61. The van der Waals surface area contributed by atoms with Gasteiger partial charge in [-0.25, -0.2) is 0 Å². The molecule has 0 radical (unpaired) electrons. The maximum absolute atomic E-state index is 5.52. The Morgan fingerprint density at radius 2 is 2.27 bits per heavy atom. The van der Waals surface area contributed by atoms with Gasteiger partial charge in [-0.2, -0.15) is 0 Å². The molecule has 0 aliphatic carbocycles. The predicted molar refractivity (Wildman–Crippen MR) is 64.5 cm³/mol. The second-order valence-corrected chi connectivity index (χ2v) is 3.65. The second-order valence-electron chi connectivity index (χ2n) is 3.65. The Bertz CT molecular complexity index is 356. The first kappa shape index (κ1) is 11.9. The molecule has 0 saturated heterocycles. The van der Waals surface area contributed by atoms with Gasteiger partial charge in [0.1, 0.15) is 0 Å². The third-order valence-electron chi connectivity index (χ3n) is 2.55. The summed E-state index contributed by atoms with van der Waals surface area (Å²) in [5.74, 6) is 0. The van der Waals surface area contributed by atoms with Crippen molar-refractivity contribution in [1.82, 2.24) is 4.98 Å². The maximum Gasteiger partial charge on any atom is 0.0497 e. The van der Waals surface area contributed by atoms with Crippen LogP contribution in [0.25, 0.3) is 0 Å². The lowest BCUT2D eigenvalue weighted by Crippen LogP contribution is -2.08. The molecule has 1 aromatic rings. The van der Waals surface area contributed by atoms with Gasteiger partial charge in [-0.15, -0.1) is 0 Å². The first-order valence-electron chi connectivity index (χ1n) is 5.29. The smallest absolute Gasteiger partial charge is 0.0497 e.